The van der Waals surface area contributed by atoms with Crippen molar-refractivity contribution in [1.82, 2.24) is 19.7 Å². The van der Waals surface area contributed by atoms with E-state index >= 15 is 0 Å². The molecule has 0 aliphatic rings. The topological polar surface area (TPSA) is 67.7 Å². The zero-order valence-electron chi connectivity index (χ0n) is 15.7. The van der Waals surface area contributed by atoms with Crippen LogP contribution in [0.3, 0.4) is 0 Å². The van der Waals surface area contributed by atoms with Crippen LogP contribution >= 0.6 is 0 Å². The Labute approximate surface area is 164 Å². The molecule has 0 atom stereocenters. The van der Waals surface area contributed by atoms with Crippen LogP contribution in [0.2, 0.25) is 0 Å². The first kappa shape index (κ1) is 17.7. The molecular formula is C22H22N6. The highest BCUT2D eigenvalue weighted by Gasteiger charge is 2.05. The van der Waals surface area contributed by atoms with Crippen molar-refractivity contribution in [2.24, 2.45) is 7.05 Å². The lowest BCUT2D eigenvalue weighted by atomic mass is 10.1. The maximum Gasteiger partial charge on any atom is 0.228 e. The number of nitrogens with zero attached hydrogens (tertiary/aromatic N) is 4. The zero-order chi connectivity index (χ0) is 19.2. The molecule has 6 nitrogen and oxygen atoms in total. The Morgan fingerprint density at radius 2 is 1.71 bits per heavy atom. The van der Waals surface area contributed by atoms with Crippen molar-refractivity contribution in [2.45, 2.75) is 6.42 Å². The molecule has 0 unspecified atom stereocenters. The molecule has 0 aliphatic heterocycles. The minimum atomic E-state index is 0.547. The highest BCUT2D eigenvalue weighted by atomic mass is 15.3. The number of nitrogens with one attached hydrogen (secondary N) is 2. The van der Waals surface area contributed by atoms with Crippen molar-refractivity contribution < 1.29 is 0 Å². The van der Waals surface area contributed by atoms with Gasteiger partial charge in [-0.05, 0) is 30.2 Å². The lowest BCUT2D eigenvalue weighted by Gasteiger charge is -2.09. The largest absolute Gasteiger partial charge is 0.385 e. The fourth-order valence-electron chi connectivity index (χ4n) is 2.95. The molecule has 0 fully saturated rings. The summed E-state index contributed by atoms with van der Waals surface area (Å²) in [6.45, 7) is 0.898. The van der Waals surface area contributed by atoms with Crippen LogP contribution in [0.25, 0.3) is 11.3 Å². The predicted molar refractivity (Wildman–Crippen MR) is 113 cm³/mol. The maximum absolute atomic E-state index is 4.61. The van der Waals surface area contributed by atoms with Gasteiger partial charge in [0.15, 0.2) is 0 Å². The number of hydrogen-bond acceptors (Lipinski definition) is 5. The Morgan fingerprint density at radius 3 is 2.46 bits per heavy atom. The zero-order valence-corrected chi connectivity index (χ0v) is 15.7. The number of anilines is 3. The average molecular weight is 370 g/mol. The van der Waals surface area contributed by atoms with Gasteiger partial charge in [0.05, 0.1) is 11.9 Å². The molecule has 2 aromatic heterocycles. The van der Waals surface area contributed by atoms with Crippen molar-refractivity contribution in [3.63, 3.8) is 0 Å². The van der Waals surface area contributed by atoms with E-state index in [0.717, 1.165) is 35.7 Å². The van der Waals surface area contributed by atoms with Gasteiger partial charge in [-0.1, -0.05) is 42.5 Å². The highest BCUT2D eigenvalue weighted by Crippen LogP contribution is 2.21. The van der Waals surface area contributed by atoms with E-state index < -0.39 is 0 Å². The normalized spacial score (nSPS) is 10.6. The molecule has 28 heavy (non-hydrogen) atoms. The van der Waals surface area contributed by atoms with Gasteiger partial charge in [0.1, 0.15) is 5.82 Å². The molecule has 0 bridgehead atoms. The number of hydrogen-bond donors (Lipinski definition) is 2. The van der Waals surface area contributed by atoms with Gasteiger partial charge in [-0.3, -0.25) is 4.68 Å². The quantitative estimate of drug-likeness (QED) is 0.508. The summed E-state index contributed by atoms with van der Waals surface area (Å²) in [4.78, 5) is 8.90. The van der Waals surface area contributed by atoms with Crippen molar-refractivity contribution in [3.8, 4) is 11.3 Å². The smallest absolute Gasteiger partial charge is 0.228 e. The molecule has 0 spiro atoms. The second-order valence-electron chi connectivity index (χ2n) is 6.47. The summed E-state index contributed by atoms with van der Waals surface area (Å²) in [6, 6.07) is 22.6. The van der Waals surface area contributed by atoms with E-state index in [4.69, 9.17) is 0 Å². The molecular weight excluding hydrogens is 348 g/mol. The van der Waals surface area contributed by atoms with E-state index in [2.05, 4.69) is 74.2 Å². The maximum atomic E-state index is 4.61. The molecule has 2 heterocycles. The Balaban J connectivity index is 1.39. The molecule has 0 aliphatic carbocycles. The Morgan fingerprint density at radius 1 is 0.893 bits per heavy atom. The minimum absolute atomic E-state index is 0.547. The highest BCUT2D eigenvalue weighted by molar-refractivity contribution is 5.64. The van der Waals surface area contributed by atoms with Gasteiger partial charge in [0.2, 0.25) is 5.95 Å². The van der Waals surface area contributed by atoms with E-state index in [-0.39, 0.29) is 0 Å². The fourth-order valence-corrected chi connectivity index (χ4v) is 2.95. The molecule has 0 saturated carbocycles. The van der Waals surface area contributed by atoms with Gasteiger partial charge >= 0.3 is 0 Å². The van der Waals surface area contributed by atoms with Crippen LogP contribution in [-0.2, 0) is 13.5 Å². The summed E-state index contributed by atoms with van der Waals surface area (Å²) in [5.74, 6) is 1.39. The Kier molecular flexibility index (Phi) is 5.29. The third-order valence-corrected chi connectivity index (χ3v) is 4.48. The predicted octanol–water partition coefficient (Wildman–Crippen LogP) is 4.28. The summed E-state index contributed by atoms with van der Waals surface area (Å²) in [5, 5.41) is 10.8. The van der Waals surface area contributed by atoms with Crippen LogP contribution in [0.4, 0.5) is 17.5 Å². The first-order valence-electron chi connectivity index (χ1n) is 9.24. The lowest BCUT2D eigenvalue weighted by Crippen LogP contribution is -2.04. The summed E-state index contributed by atoms with van der Waals surface area (Å²) < 4.78 is 1.74. The molecule has 0 saturated heterocycles. The lowest BCUT2D eigenvalue weighted by molar-refractivity contribution is 0.775. The molecule has 140 valence electrons. The Bertz CT molecular complexity index is 1020. The van der Waals surface area contributed by atoms with Gasteiger partial charge in [-0.2, -0.15) is 5.10 Å². The van der Waals surface area contributed by atoms with Crippen LogP contribution < -0.4 is 10.6 Å². The SMILES string of the molecule is Cn1nccc1Nc1nccc(-c2ccc(NCCc3ccccc3)cc2)n1. The second kappa shape index (κ2) is 8.35. The average Bonchev–Trinajstić information content (AvgIpc) is 3.14. The first-order chi connectivity index (χ1) is 13.8. The van der Waals surface area contributed by atoms with Crippen molar-refractivity contribution in [1.29, 1.82) is 0 Å². The van der Waals surface area contributed by atoms with Crippen molar-refractivity contribution in [3.05, 3.63) is 84.7 Å². The fraction of sp³-hybridized carbons (Fsp3) is 0.136. The summed E-state index contributed by atoms with van der Waals surface area (Å²) in [7, 11) is 1.87. The number of aryl methyl sites for hydroxylation is 1. The van der Waals surface area contributed by atoms with E-state index in [1.165, 1.54) is 5.56 Å². The molecule has 0 radical (unpaired) electrons. The van der Waals surface area contributed by atoms with Crippen LogP contribution in [0.15, 0.2) is 79.1 Å². The first-order valence-corrected chi connectivity index (χ1v) is 9.24. The number of aromatic nitrogens is 4. The van der Waals surface area contributed by atoms with Gasteiger partial charge in [0, 0.05) is 37.1 Å². The summed E-state index contributed by atoms with van der Waals surface area (Å²) in [6.07, 6.45) is 4.49. The van der Waals surface area contributed by atoms with Crippen LogP contribution in [-0.4, -0.2) is 26.3 Å². The van der Waals surface area contributed by atoms with Crippen molar-refractivity contribution in [2.75, 3.05) is 17.2 Å². The number of benzene rings is 2. The second-order valence-corrected chi connectivity index (χ2v) is 6.47. The Hall–Kier alpha value is -3.67. The standard InChI is InChI=1S/C22H22N6/c1-28-21(13-16-25-28)27-22-24-15-12-20(26-22)18-7-9-19(10-8-18)23-14-11-17-5-3-2-4-6-17/h2-10,12-13,15-16,23H,11,14H2,1H3,(H,24,26,27). The van der Waals surface area contributed by atoms with E-state index in [0.29, 0.717) is 5.95 Å². The van der Waals surface area contributed by atoms with Crippen molar-refractivity contribution >= 4 is 17.5 Å². The summed E-state index contributed by atoms with van der Waals surface area (Å²) in [5.41, 5.74) is 4.35. The van der Waals surface area contributed by atoms with E-state index in [1.807, 2.05) is 25.2 Å². The van der Waals surface area contributed by atoms with Gasteiger partial charge in [-0.15, -0.1) is 0 Å². The minimum Gasteiger partial charge on any atom is -0.385 e. The number of rotatable bonds is 7. The molecule has 4 aromatic rings. The van der Waals surface area contributed by atoms with Gasteiger partial charge < -0.3 is 10.6 Å². The van der Waals surface area contributed by atoms with Crippen LogP contribution in [0, 0.1) is 0 Å². The van der Waals surface area contributed by atoms with Gasteiger partial charge in [0.25, 0.3) is 0 Å². The van der Waals surface area contributed by atoms with Gasteiger partial charge in [-0.25, -0.2) is 9.97 Å². The van der Waals surface area contributed by atoms with Crippen LogP contribution in [0.5, 0.6) is 0 Å². The van der Waals surface area contributed by atoms with Crippen LogP contribution in [0.1, 0.15) is 5.56 Å². The van der Waals surface area contributed by atoms with E-state index in [9.17, 15) is 0 Å². The molecule has 6 heteroatoms. The molecule has 4 rings (SSSR count). The molecule has 0 amide bonds. The third-order valence-electron chi connectivity index (χ3n) is 4.48. The summed E-state index contributed by atoms with van der Waals surface area (Å²) >= 11 is 0. The van der Waals surface area contributed by atoms with E-state index in [1.54, 1.807) is 17.1 Å². The third kappa shape index (κ3) is 4.35. The monoisotopic (exact) mass is 370 g/mol. The molecule has 2 aromatic carbocycles. The molecule has 2 N–H and O–H groups in total.